The maximum absolute atomic E-state index is 10.9. The molecule has 0 saturated carbocycles. The summed E-state index contributed by atoms with van der Waals surface area (Å²) in [6.07, 6.45) is 0. The Morgan fingerprint density at radius 2 is 2.06 bits per heavy atom. The minimum atomic E-state index is -0.897. The number of benzene rings is 1. The van der Waals surface area contributed by atoms with Crippen LogP contribution in [-0.2, 0) is 5.75 Å². The van der Waals surface area contributed by atoms with E-state index in [1.165, 1.54) is 0 Å². The first-order valence-electron chi connectivity index (χ1n) is 5.54. The highest BCUT2D eigenvalue weighted by Crippen LogP contribution is 2.22. The molecule has 4 heteroatoms. The molecule has 1 aromatic heterocycles. The largest absolute Gasteiger partial charge is 0.478 e. The summed E-state index contributed by atoms with van der Waals surface area (Å²) in [5.74, 6) is -0.156. The molecule has 18 heavy (non-hydrogen) atoms. The van der Waals surface area contributed by atoms with Gasteiger partial charge in [-0.2, -0.15) is 0 Å². The monoisotopic (exact) mass is 259 g/mol. The molecule has 2 rings (SSSR count). The highest BCUT2D eigenvalue weighted by atomic mass is 32.2. The van der Waals surface area contributed by atoms with Crippen LogP contribution in [0.4, 0.5) is 0 Å². The normalized spacial score (nSPS) is 10.3. The number of nitrogens with zero attached hydrogens (tertiary/aromatic N) is 1. The van der Waals surface area contributed by atoms with Crippen LogP contribution in [0, 0.1) is 6.92 Å². The van der Waals surface area contributed by atoms with Gasteiger partial charge in [-0.05, 0) is 37.3 Å². The van der Waals surface area contributed by atoms with Gasteiger partial charge in [0.05, 0.1) is 11.3 Å². The summed E-state index contributed by atoms with van der Waals surface area (Å²) in [4.78, 5) is 16.2. The molecule has 2 aromatic rings. The Hall–Kier alpha value is -1.81. The molecule has 0 aliphatic rings. The Kier molecular flexibility index (Phi) is 3.99. The van der Waals surface area contributed by atoms with Crippen LogP contribution in [0.5, 0.6) is 0 Å². The molecule has 3 nitrogen and oxygen atoms in total. The van der Waals surface area contributed by atoms with Gasteiger partial charge in [0, 0.05) is 16.3 Å². The van der Waals surface area contributed by atoms with Gasteiger partial charge >= 0.3 is 5.97 Å². The summed E-state index contributed by atoms with van der Waals surface area (Å²) < 4.78 is 0. The fourth-order valence-electron chi connectivity index (χ4n) is 1.56. The highest BCUT2D eigenvalue weighted by molar-refractivity contribution is 7.98. The summed E-state index contributed by atoms with van der Waals surface area (Å²) in [7, 11) is 0. The number of hydrogen-bond donors (Lipinski definition) is 1. The summed E-state index contributed by atoms with van der Waals surface area (Å²) >= 11 is 1.59. The molecule has 1 aromatic carbocycles. The van der Waals surface area contributed by atoms with E-state index in [1.54, 1.807) is 30.0 Å². The van der Waals surface area contributed by atoms with Gasteiger partial charge in [-0.25, -0.2) is 4.79 Å². The van der Waals surface area contributed by atoms with E-state index in [-0.39, 0.29) is 0 Å². The number of aryl methyl sites for hydroxylation is 1. The summed E-state index contributed by atoms with van der Waals surface area (Å²) in [5, 5.41) is 8.91. The molecule has 0 spiro atoms. The number of thioether (sulfide) groups is 1. The quantitative estimate of drug-likeness (QED) is 0.855. The van der Waals surface area contributed by atoms with Gasteiger partial charge in [0.25, 0.3) is 0 Å². The number of aromatic nitrogens is 1. The van der Waals surface area contributed by atoms with Crippen molar-refractivity contribution in [1.82, 2.24) is 4.98 Å². The zero-order valence-corrected chi connectivity index (χ0v) is 10.8. The Morgan fingerprint density at radius 1 is 1.28 bits per heavy atom. The predicted octanol–water partition coefficient (Wildman–Crippen LogP) is 3.38. The predicted molar refractivity (Wildman–Crippen MR) is 71.9 cm³/mol. The van der Waals surface area contributed by atoms with E-state index in [0.29, 0.717) is 5.56 Å². The molecule has 0 unspecified atom stereocenters. The van der Waals surface area contributed by atoms with Crippen molar-refractivity contribution in [3.8, 4) is 0 Å². The van der Waals surface area contributed by atoms with Crippen LogP contribution in [0.2, 0.25) is 0 Å². The van der Waals surface area contributed by atoms with E-state index in [4.69, 9.17) is 5.11 Å². The smallest absolute Gasteiger partial charge is 0.335 e. The van der Waals surface area contributed by atoms with E-state index in [2.05, 4.69) is 4.98 Å². The average Bonchev–Trinajstić information content (AvgIpc) is 2.37. The number of aromatic carboxylic acids is 1. The molecule has 0 aliphatic heterocycles. The second kappa shape index (κ2) is 5.69. The molecule has 0 bridgehead atoms. The summed E-state index contributed by atoms with van der Waals surface area (Å²) in [5.41, 5.74) is 2.31. The third kappa shape index (κ3) is 3.34. The molecule has 0 saturated heterocycles. The molecule has 1 heterocycles. The maximum atomic E-state index is 10.9. The SMILES string of the molecule is Cc1cccc(CSc2cccc(C(=O)O)c2)n1. The van der Waals surface area contributed by atoms with Gasteiger partial charge in [-0.3, -0.25) is 4.98 Å². The van der Waals surface area contributed by atoms with E-state index >= 15 is 0 Å². The summed E-state index contributed by atoms with van der Waals surface area (Å²) in [6.45, 7) is 1.96. The van der Waals surface area contributed by atoms with Crippen molar-refractivity contribution in [3.05, 3.63) is 59.4 Å². The fourth-order valence-corrected chi connectivity index (χ4v) is 2.42. The molecule has 0 aliphatic carbocycles. The second-order valence-corrected chi connectivity index (χ2v) is 4.94. The molecule has 0 fully saturated rings. The number of carbonyl (C=O) groups is 1. The van der Waals surface area contributed by atoms with Crippen LogP contribution >= 0.6 is 11.8 Å². The Balaban J connectivity index is 2.06. The van der Waals surface area contributed by atoms with E-state index in [9.17, 15) is 4.79 Å². The van der Waals surface area contributed by atoms with Crippen molar-refractivity contribution < 1.29 is 9.90 Å². The van der Waals surface area contributed by atoms with Crippen molar-refractivity contribution in [2.24, 2.45) is 0 Å². The van der Waals surface area contributed by atoms with Crippen LogP contribution in [0.25, 0.3) is 0 Å². The summed E-state index contributed by atoms with van der Waals surface area (Å²) in [6, 6.07) is 12.9. The average molecular weight is 259 g/mol. The lowest BCUT2D eigenvalue weighted by molar-refractivity contribution is 0.0696. The number of carboxylic acids is 1. The first kappa shape index (κ1) is 12.6. The van der Waals surface area contributed by atoms with E-state index < -0.39 is 5.97 Å². The topological polar surface area (TPSA) is 50.2 Å². The van der Waals surface area contributed by atoms with Gasteiger partial charge in [-0.15, -0.1) is 11.8 Å². The van der Waals surface area contributed by atoms with Gasteiger partial charge in [-0.1, -0.05) is 12.1 Å². The molecule has 0 amide bonds. The van der Waals surface area contributed by atoms with Crippen molar-refractivity contribution in [2.75, 3.05) is 0 Å². The molecular formula is C14H13NO2S. The number of rotatable bonds is 4. The minimum Gasteiger partial charge on any atom is -0.478 e. The number of carboxylic acid groups (broad SMARTS) is 1. The lowest BCUT2D eigenvalue weighted by Crippen LogP contribution is -1.95. The number of pyridine rings is 1. The van der Waals surface area contributed by atoms with Gasteiger partial charge in [0.15, 0.2) is 0 Å². The van der Waals surface area contributed by atoms with Crippen LogP contribution in [0.15, 0.2) is 47.4 Å². The third-order valence-corrected chi connectivity index (χ3v) is 3.44. The van der Waals surface area contributed by atoms with Crippen molar-refractivity contribution in [2.45, 2.75) is 17.6 Å². The zero-order chi connectivity index (χ0) is 13.0. The Labute approximate surface area is 110 Å². The van der Waals surface area contributed by atoms with E-state index in [0.717, 1.165) is 22.0 Å². The maximum Gasteiger partial charge on any atom is 0.335 e. The first-order valence-corrected chi connectivity index (χ1v) is 6.52. The molecule has 1 N–H and O–H groups in total. The first-order chi connectivity index (χ1) is 8.65. The lowest BCUT2D eigenvalue weighted by atomic mass is 10.2. The van der Waals surface area contributed by atoms with Crippen LogP contribution < -0.4 is 0 Å². The second-order valence-electron chi connectivity index (χ2n) is 3.89. The van der Waals surface area contributed by atoms with Crippen LogP contribution in [0.1, 0.15) is 21.7 Å². The zero-order valence-electron chi connectivity index (χ0n) is 9.96. The van der Waals surface area contributed by atoms with Gasteiger partial charge < -0.3 is 5.11 Å². The third-order valence-electron chi connectivity index (χ3n) is 2.41. The fraction of sp³-hybridized carbons (Fsp3) is 0.143. The number of hydrogen-bond acceptors (Lipinski definition) is 3. The van der Waals surface area contributed by atoms with Crippen molar-refractivity contribution >= 4 is 17.7 Å². The van der Waals surface area contributed by atoms with Crippen LogP contribution in [-0.4, -0.2) is 16.1 Å². The van der Waals surface area contributed by atoms with Gasteiger partial charge in [0.2, 0.25) is 0 Å². The Bertz CT molecular complexity index is 569. The van der Waals surface area contributed by atoms with Crippen molar-refractivity contribution in [1.29, 1.82) is 0 Å². The molecule has 0 atom stereocenters. The minimum absolute atomic E-state index is 0.317. The Morgan fingerprint density at radius 3 is 2.78 bits per heavy atom. The molecular weight excluding hydrogens is 246 g/mol. The lowest BCUT2D eigenvalue weighted by Gasteiger charge is -2.03. The van der Waals surface area contributed by atoms with Gasteiger partial charge in [0.1, 0.15) is 0 Å². The van der Waals surface area contributed by atoms with Crippen molar-refractivity contribution in [3.63, 3.8) is 0 Å². The van der Waals surface area contributed by atoms with E-state index in [1.807, 2.05) is 31.2 Å². The molecule has 0 radical (unpaired) electrons. The standard InChI is InChI=1S/C14H13NO2S/c1-10-4-2-6-12(15-10)9-18-13-7-3-5-11(8-13)14(16)17/h2-8H,9H2,1H3,(H,16,17). The molecule has 92 valence electrons. The highest BCUT2D eigenvalue weighted by Gasteiger charge is 2.04. The van der Waals surface area contributed by atoms with Crippen LogP contribution in [0.3, 0.4) is 0 Å².